The number of amides is 1. The van der Waals surface area contributed by atoms with Gasteiger partial charge in [0.15, 0.2) is 17.3 Å². The summed E-state index contributed by atoms with van der Waals surface area (Å²) in [6.07, 6.45) is 0.255. The molecule has 2 aromatic rings. The first-order chi connectivity index (χ1) is 9.52. The van der Waals surface area contributed by atoms with Crippen LogP contribution in [0.1, 0.15) is 5.56 Å². The average Bonchev–Trinajstić information content (AvgIpc) is 2.72. The van der Waals surface area contributed by atoms with E-state index in [-0.39, 0.29) is 29.5 Å². The van der Waals surface area contributed by atoms with Crippen LogP contribution in [0.2, 0.25) is 0 Å². The Hall–Kier alpha value is -2.63. The van der Waals surface area contributed by atoms with Crippen LogP contribution in [0.5, 0.6) is 11.5 Å². The third-order valence-corrected chi connectivity index (χ3v) is 2.97. The highest BCUT2D eigenvalue weighted by Crippen LogP contribution is 2.36. The number of nitrogen functional groups attached to an aromatic ring is 1. The van der Waals surface area contributed by atoms with Crippen LogP contribution in [0.3, 0.4) is 0 Å². The molecule has 0 bridgehead atoms. The van der Waals surface area contributed by atoms with Crippen molar-refractivity contribution in [3.8, 4) is 11.5 Å². The zero-order valence-electron chi connectivity index (χ0n) is 10.2. The highest BCUT2D eigenvalue weighted by atomic mass is 19.1. The first-order valence-electron chi connectivity index (χ1n) is 5.88. The molecule has 1 heterocycles. The van der Waals surface area contributed by atoms with Crippen LogP contribution < -0.4 is 15.8 Å². The minimum absolute atomic E-state index is 0.135. The van der Waals surface area contributed by atoms with Gasteiger partial charge in [0.25, 0.3) is 0 Å². The molecule has 0 radical (unpaired) electrons. The summed E-state index contributed by atoms with van der Waals surface area (Å²) in [5, 5.41) is 2.65. The minimum atomic E-state index is -0.825. The van der Waals surface area contributed by atoms with Crippen LogP contribution in [0.25, 0.3) is 0 Å². The summed E-state index contributed by atoms with van der Waals surface area (Å²) in [7, 11) is 0. The molecule has 3 rings (SSSR count). The van der Waals surface area contributed by atoms with E-state index in [1.54, 1.807) is 6.07 Å². The second kappa shape index (κ2) is 4.48. The summed E-state index contributed by atoms with van der Waals surface area (Å²) in [4.78, 5) is 11.3. The fourth-order valence-corrected chi connectivity index (χ4v) is 2.04. The number of halogens is 2. The number of carbonyl (C=O) groups excluding carboxylic acids is 1. The third-order valence-electron chi connectivity index (χ3n) is 2.97. The Morgan fingerprint density at radius 2 is 1.95 bits per heavy atom. The largest absolute Gasteiger partial charge is 0.452 e. The molecule has 3 N–H and O–H groups in total. The van der Waals surface area contributed by atoms with Crippen molar-refractivity contribution in [3.05, 3.63) is 47.5 Å². The van der Waals surface area contributed by atoms with Gasteiger partial charge in [0, 0.05) is 17.8 Å². The Labute approximate surface area is 113 Å². The molecule has 6 heteroatoms. The molecule has 1 aliphatic rings. The normalized spacial score (nSPS) is 13.0. The Morgan fingerprint density at radius 1 is 1.15 bits per heavy atom. The maximum absolute atomic E-state index is 13.5. The lowest BCUT2D eigenvalue weighted by Gasteiger charge is -2.11. The highest BCUT2D eigenvalue weighted by Gasteiger charge is 2.20. The van der Waals surface area contributed by atoms with Gasteiger partial charge in [-0.3, -0.25) is 4.79 Å². The average molecular weight is 276 g/mol. The van der Waals surface area contributed by atoms with Crippen LogP contribution in [0, 0.1) is 11.6 Å². The van der Waals surface area contributed by atoms with E-state index in [0.29, 0.717) is 5.69 Å². The van der Waals surface area contributed by atoms with E-state index in [2.05, 4.69) is 5.32 Å². The number of nitrogens with one attached hydrogen (secondary N) is 1. The molecule has 4 nitrogen and oxygen atoms in total. The predicted octanol–water partition coefficient (Wildman–Crippen LogP) is 2.83. The molecule has 0 aliphatic carbocycles. The van der Waals surface area contributed by atoms with Crippen LogP contribution >= 0.6 is 0 Å². The molecule has 20 heavy (non-hydrogen) atoms. The van der Waals surface area contributed by atoms with Gasteiger partial charge in [-0.1, -0.05) is 0 Å². The zero-order valence-corrected chi connectivity index (χ0v) is 10.2. The smallest absolute Gasteiger partial charge is 0.228 e. The second-order valence-corrected chi connectivity index (χ2v) is 4.45. The van der Waals surface area contributed by atoms with Crippen LogP contribution in [-0.2, 0) is 11.2 Å². The third kappa shape index (κ3) is 2.16. The van der Waals surface area contributed by atoms with E-state index in [1.165, 1.54) is 12.1 Å². The molecule has 2 aromatic carbocycles. The van der Waals surface area contributed by atoms with Crippen molar-refractivity contribution in [2.45, 2.75) is 6.42 Å². The zero-order chi connectivity index (χ0) is 14.3. The molecule has 0 atom stereocenters. The van der Waals surface area contributed by atoms with Gasteiger partial charge in [-0.05, 0) is 23.8 Å². The van der Waals surface area contributed by atoms with E-state index in [1.807, 2.05) is 0 Å². The topological polar surface area (TPSA) is 64.3 Å². The quantitative estimate of drug-likeness (QED) is 0.829. The number of anilines is 2. The molecule has 102 valence electrons. The summed E-state index contributed by atoms with van der Waals surface area (Å²) in [6, 6.07) is 6.11. The van der Waals surface area contributed by atoms with Gasteiger partial charge < -0.3 is 15.8 Å². The molecule has 0 saturated carbocycles. The van der Waals surface area contributed by atoms with Gasteiger partial charge in [0.1, 0.15) is 5.82 Å². The maximum atomic E-state index is 13.5. The van der Waals surface area contributed by atoms with E-state index in [0.717, 1.165) is 17.7 Å². The number of ether oxygens (including phenoxy) is 1. The van der Waals surface area contributed by atoms with Crippen molar-refractivity contribution in [1.29, 1.82) is 0 Å². The molecular weight excluding hydrogens is 266 g/mol. The van der Waals surface area contributed by atoms with Crippen molar-refractivity contribution in [2.24, 2.45) is 0 Å². The summed E-state index contributed by atoms with van der Waals surface area (Å²) >= 11 is 0. The van der Waals surface area contributed by atoms with E-state index in [9.17, 15) is 13.6 Å². The summed E-state index contributed by atoms with van der Waals surface area (Å²) < 4.78 is 31.7. The number of carbonyl (C=O) groups is 1. The maximum Gasteiger partial charge on any atom is 0.228 e. The Kier molecular flexibility index (Phi) is 2.78. The van der Waals surface area contributed by atoms with Gasteiger partial charge in [-0.15, -0.1) is 0 Å². The lowest BCUT2D eigenvalue weighted by molar-refractivity contribution is -0.115. The SMILES string of the molecule is Nc1cc2c(cc1Oc1ccc(F)cc1F)NC(=O)C2. The molecule has 0 saturated heterocycles. The number of benzene rings is 2. The van der Waals surface area contributed by atoms with Gasteiger partial charge in [0.05, 0.1) is 12.1 Å². The number of fused-ring (bicyclic) bond motifs is 1. The minimum Gasteiger partial charge on any atom is -0.452 e. The Morgan fingerprint density at radius 3 is 2.70 bits per heavy atom. The Bertz CT molecular complexity index is 717. The van der Waals surface area contributed by atoms with Crippen molar-refractivity contribution < 1.29 is 18.3 Å². The number of hydrogen-bond donors (Lipinski definition) is 2. The Balaban J connectivity index is 1.95. The fourth-order valence-electron chi connectivity index (χ4n) is 2.04. The summed E-state index contributed by atoms with van der Waals surface area (Å²) in [5.74, 6) is -1.58. The first-order valence-corrected chi connectivity index (χ1v) is 5.88. The lowest BCUT2D eigenvalue weighted by atomic mass is 10.1. The number of hydrogen-bond acceptors (Lipinski definition) is 3. The summed E-state index contributed by atoms with van der Waals surface area (Å²) in [5.41, 5.74) is 7.44. The molecule has 0 unspecified atom stereocenters. The van der Waals surface area contributed by atoms with Crippen LogP contribution in [0.4, 0.5) is 20.2 Å². The van der Waals surface area contributed by atoms with Gasteiger partial charge in [0.2, 0.25) is 5.91 Å². The molecule has 0 aromatic heterocycles. The fraction of sp³-hybridized carbons (Fsp3) is 0.0714. The van der Waals surface area contributed by atoms with Crippen molar-refractivity contribution in [3.63, 3.8) is 0 Å². The lowest BCUT2D eigenvalue weighted by Crippen LogP contribution is -2.03. The highest BCUT2D eigenvalue weighted by molar-refractivity contribution is 6.00. The van der Waals surface area contributed by atoms with Crippen LogP contribution in [-0.4, -0.2) is 5.91 Å². The van der Waals surface area contributed by atoms with E-state index < -0.39 is 11.6 Å². The van der Waals surface area contributed by atoms with Gasteiger partial charge in [-0.25, -0.2) is 8.78 Å². The molecule has 0 spiro atoms. The van der Waals surface area contributed by atoms with E-state index >= 15 is 0 Å². The number of nitrogens with two attached hydrogens (primary N) is 1. The monoisotopic (exact) mass is 276 g/mol. The van der Waals surface area contributed by atoms with Crippen molar-refractivity contribution in [2.75, 3.05) is 11.1 Å². The molecule has 1 amide bonds. The van der Waals surface area contributed by atoms with Crippen molar-refractivity contribution >= 4 is 17.3 Å². The summed E-state index contributed by atoms with van der Waals surface area (Å²) in [6.45, 7) is 0. The molecule has 0 fully saturated rings. The molecular formula is C14H10F2N2O2. The first kappa shape index (κ1) is 12.4. The predicted molar refractivity (Wildman–Crippen MR) is 69.6 cm³/mol. The second-order valence-electron chi connectivity index (χ2n) is 4.45. The van der Waals surface area contributed by atoms with Gasteiger partial charge >= 0.3 is 0 Å². The van der Waals surface area contributed by atoms with Gasteiger partial charge in [-0.2, -0.15) is 0 Å². The van der Waals surface area contributed by atoms with Crippen molar-refractivity contribution in [1.82, 2.24) is 0 Å². The van der Waals surface area contributed by atoms with E-state index in [4.69, 9.17) is 10.5 Å². The standard InChI is InChI=1S/C14H10F2N2O2/c15-8-1-2-12(9(16)5-8)20-13-6-11-7(3-10(13)17)4-14(19)18-11/h1-3,5-6H,4,17H2,(H,18,19). The number of rotatable bonds is 2. The van der Waals surface area contributed by atoms with Crippen LogP contribution in [0.15, 0.2) is 30.3 Å². The molecule has 1 aliphatic heterocycles.